The molecule has 0 fully saturated rings. The van der Waals surface area contributed by atoms with Crippen LogP contribution in [0.3, 0.4) is 0 Å². The molecule has 0 heterocycles. The Morgan fingerprint density at radius 1 is 1.13 bits per heavy atom. The van der Waals surface area contributed by atoms with Crippen molar-refractivity contribution in [3.05, 3.63) is 29.8 Å². The van der Waals surface area contributed by atoms with Crippen LogP contribution in [0, 0.1) is 0 Å². The molecular weight excluding hydrogens is 513 g/mol. The van der Waals surface area contributed by atoms with Crippen molar-refractivity contribution in [2.75, 3.05) is 40.3 Å². The predicted molar refractivity (Wildman–Crippen MR) is 137 cm³/mol. The van der Waals surface area contributed by atoms with Gasteiger partial charge in [-0.1, -0.05) is 32.0 Å². The average molecular weight is 554 g/mol. The maximum absolute atomic E-state index is 12.6. The number of nitrogens with one attached hydrogen (secondary N) is 2. The second kappa shape index (κ2) is 15.0. The van der Waals surface area contributed by atoms with Crippen molar-refractivity contribution in [2.45, 2.75) is 58.0 Å². The van der Waals surface area contributed by atoms with Gasteiger partial charge in [0, 0.05) is 26.7 Å². The molecule has 0 aliphatic rings. The highest BCUT2D eigenvalue weighted by Gasteiger charge is 2.20. The van der Waals surface area contributed by atoms with Gasteiger partial charge in [0.1, 0.15) is 0 Å². The van der Waals surface area contributed by atoms with Gasteiger partial charge in [0.2, 0.25) is 10.0 Å². The molecule has 0 amide bonds. The molecule has 0 aliphatic carbocycles. The molecule has 0 radical (unpaired) electrons. The van der Waals surface area contributed by atoms with E-state index in [1.54, 1.807) is 26.2 Å². The fourth-order valence-electron chi connectivity index (χ4n) is 3.03. The predicted octanol–water partition coefficient (Wildman–Crippen LogP) is 3.12. The standard InChI is InChI=1S/C21H39N5O2S.HI/c1-7-22-21(24-18(4)13-12-16-26(8-2)9-3)23-17-19-14-10-11-15-20(19)29(27,28)25(5)6;/h10-11,14-15,18H,7-9,12-13,16-17H2,1-6H3,(H2,22,23,24);1H. The van der Waals surface area contributed by atoms with Crippen LogP contribution in [0.25, 0.3) is 0 Å². The van der Waals surface area contributed by atoms with Gasteiger partial charge in [-0.25, -0.2) is 17.7 Å². The molecule has 1 aromatic carbocycles. The van der Waals surface area contributed by atoms with Crippen molar-refractivity contribution in [2.24, 2.45) is 4.99 Å². The topological polar surface area (TPSA) is 77.0 Å². The van der Waals surface area contributed by atoms with Crippen molar-refractivity contribution in [3.63, 3.8) is 0 Å². The van der Waals surface area contributed by atoms with E-state index >= 15 is 0 Å². The summed E-state index contributed by atoms with van der Waals surface area (Å²) in [6, 6.07) is 7.32. The monoisotopic (exact) mass is 553 g/mol. The summed E-state index contributed by atoms with van der Waals surface area (Å²) >= 11 is 0. The van der Waals surface area contributed by atoms with Crippen molar-refractivity contribution in [1.82, 2.24) is 19.8 Å². The number of aliphatic imine (C=N–C) groups is 1. The fourth-order valence-corrected chi connectivity index (χ4v) is 4.14. The van der Waals surface area contributed by atoms with Crippen LogP contribution in [0.15, 0.2) is 34.2 Å². The lowest BCUT2D eigenvalue weighted by atomic mass is 10.2. The van der Waals surface area contributed by atoms with E-state index in [9.17, 15) is 8.42 Å². The zero-order chi connectivity index (χ0) is 21.9. The Hall–Kier alpha value is -0.910. The van der Waals surface area contributed by atoms with Gasteiger partial charge in [-0.2, -0.15) is 0 Å². The molecule has 0 bridgehead atoms. The summed E-state index contributed by atoms with van der Waals surface area (Å²) in [6.07, 6.45) is 2.17. The highest BCUT2D eigenvalue weighted by molar-refractivity contribution is 14.0. The van der Waals surface area contributed by atoms with Crippen molar-refractivity contribution < 1.29 is 8.42 Å². The van der Waals surface area contributed by atoms with Crippen molar-refractivity contribution in [1.29, 1.82) is 0 Å². The minimum Gasteiger partial charge on any atom is -0.357 e. The number of guanidine groups is 1. The number of halogens is 1. The van der Waals surface area contributed by atoms with Crippen LogP contribution in [-0.4, -0.2) is 69.9 Å². The number of nitrogens with zero attached hydrogens (tertiary/aromatic N) is 3. The van der Waals surface area contributed by atoms with E-state index in [1.165, 1.54) is 4.31 Å². The van der Waals surface area contributed by atoms with Gasteiger partial charge in [-0.05, 0) is 58.0 Å². The lowest BCUT2D eigenvalue weighted by molar-refractivity contribution is 0.292. The molecule has 0 spiro atoms. The minimum atomic E-state index is -3.50. The van der Waals surface area contributed by atoms with Crippen LogP contribution in [0.2, 0.25) is 0 Å². The number of benzene rings is 1. The molecule has 0 aliphatic heterocycles. The van der Waals surface area contributed by atoms with E-state index < -0.39 is 10.0 Å². The molecule has 2 N–H and O–H groups in total. The Balaban J connectivity index is 0.00000841. The molecule has 9 heteroatoms. The first-order chi connectivity index (χ1) is 13.8. The Labute approximate surface area is 200 Å². The number of rotatable bonds is 12. The van der Waals surface area contributed by atoms with Crippen LogP contribution in [0.4, 0.5) is 0 Å². The Kier molecular flexibility index (Phi) is 14.5. The van der Waals surface area contributed by atoms with Gasteiger partial charge >= 0.3 is 0 Å². The molecule has 1 unspecified atom stereocenters. The third kappa shape index (κ3) is 9.49. The lowest BCUT2D eigenvalue weighted by Crippen LogP contribution is -2.42. The summed E-state index contributed by atoms with van der Waals surface area (Å²) in [5, 5.41) is 6.69. The van der Waals surface area contributed by atoms with E-state index in [4.69, 9.17) is 0 Å². The second-order valence-corrected chi connectivity index (χ2v) is 9.43. The number of hydrogen-bond acceptors (Lipinski definition) is 4. The molecule has 0 saturated carbocycles. The van der Waals surface area contributed by atoms with Crippen molar-refractivity contribution >= 4 is 40.0 Å². The third-order valence-corrected chi connectivity index (χ3v) is 6.79. The van der Waals surface area contributed by atoms with Gasteiger partial charge in [-0.3, -0.25) is 0 Å². The first-order valence-corrected chi connectivity index (χ1v) is 12.0. The minimum absolute atomic E-state index is 0. The first-order valence-electron chi connectivity index (χ1n) is 10.5. The molecule has 7 nitrogen and oxygen atoms in total. The van der Waals surface area contributed by atoms with Gasteiger partial charge in [0.15, 0.2) is 5.96 Å². The van der Waals surface area contributed by atoms with E-state index in [-0.39, 0.29) is 30.0 Å². The van der Waals surface area contributed by atoms with Crippen LogP contribution in [-0.2, 0) is 16.6 Å². The summed E-state index contributed by atoms with van der Waals surface area (Å²) in [5.74, 6) is 0.708. The van der Waals surface area contributed by atoms with Crippen LogP contribution < -0.4 is 10.6 Å². The molecule has 30 heavy (non-hydrogen) atoms. The molecule has 1 atom stereocenters. The zero-order valence-electron chi connectivity index (χ0n) is 19.3. The maximum atomic E-state index is 12.6. The quantitative estimate of drug-likeness (QED) is 0.236. The van der Waals surface area contributed by atoms with Crippen molar-refractivity contribution in [3.8, 4) is 0 Å². The molecule has 1 aromatic rings. The Bertz CT molecular complexity index is 737. The molecule has 174 valence electrons. The van der Waals surface area contributed by atoms with E-state index in [1.807, 2.05) is 19.1 Å². The average Bonchev–Trinajstić information content (AvgIpc) is 2.69. The number of hydrogen-bond donors (Lipinski definition) is 2. The van der Waals surface area contributed by atoms with Gasteiger partial charge in [0.05, 0.1) is 11.4 Å². The van der Waals surface area contributed by atoms with E-state index in [2.05, 4.69) is 41.3 Å². The number of sulfonamides is 1. The largest absolute Gasteiger partial charge is 0.357 e. The summed E-state index contributed by atoms with van der Waals surface area (Å²) in [6.45, 7) is 12.9. The van der Waals surface area contributed by atoms with Gasteiger partial charge < -0.3 is 15.5 Å². The second-order valence-electron chi connectivity index (χ2n) is 7.30. The van der Waals surface area contributed by atoms with Gasteiger partial charge in [0.25, 0.3) is 0 Å². The molecule has 0 aromatic heterocycles. The Morgan fingerprint density at radius 2 is 1.77 bits per heavy atom. The summed E-state index contributed by atoms with van der Waals surface area (Å²) < 4.78 is 26.4. The summed E-state index contributed by atoms with van der Waals surface area (Å²) in [7, 11) is -0.412. The molecule has 0 saturated heterocycles. The van der Waals surface area contributed by atoms with Gasteiger partial charge in [-0.15, -0.1) is 24.0 Å². The first kappa shape index (κ1) is 29.1. The maximum Gasteiger partial charge on any atom is 0.242 e. The summed E-state index contributed by atoms with van der Waals surface area (Å²) in [5.41, 5.74) is 0.688. The Morgan fingerprint density at radius 3 is 2.33 bits per heavy atom. The SMILES string of the molecule is CCNC(=NCc1ccccc1S(=O)(=O)N(C)C)NC(C)CCCN(CC)CC.I. The van der Waals surface area contributed by atoms with E-state index in [0.29, 0.717) is 23.0 Å². The lowest BCUT2D eigenvalue weighted by Gasteiger charge is -2.21. The highest BCUT2D eigenvalue weighted by atomic mass is 127. The van der Waals surface area contributed by atoms with Crippen LogP contribution >= 0.6 is 24.0 Å². The zero-order valence-corrected chi connectivity index (χ0v) is 22.5. The van der Waals surface area contributed by atoms with Crippen LogP contribution in [0.1, 0.15) is 46.1 Å². The smallest absolute Gasteiger partial charge is 0.242 e. The highest BCUT2D eigenvalue weighted by Crippen LogP contribution is 2.19. The van der Waals surface area contributed by atoms with Crippen LogP contribution in [0.5, 0.6) is 0 Å². The molecule has 1 rings (SSSR count). The summed E-state index contributed by atoms with van der Waals surface area (Å²) in [4.78, 5) is 7.36. The third-order valence-electron chi connectivity index (χ3n) is 4.87. The van der Waals surface area contributed by atoms with E-state index in [0.717, 1.165) is 39.0 Å². The normalized spacial score (nSPS) is 13.3. The fraction of sp³-hybridized carbons (Fsp3) is 0.667. The molecular formula is C21H40IN5O2S.